The van der Waals surface area contributed by atoms with Gasteiger partial charge in [-0.1, -0.05) is 27.7 Å². The van der Waals surface area contributed by atoms with E-state index in [4.69, 9.17) is 28.4 Å². The van der Waals surface area contributed by atoms with Crippen molar-refractivity contribution >= 4 is 17.9 Å². The molecular formula is C30H49NO10. The third-order valence-electron chi connectivity index (χ3n) is 9.89. The first kappa shape index (κ1) is 32.1. The van der Waals surface area contributed by atoms with Gasteiger partial charge in [-0.05, 0) is 67.0 Å². The van der Waals surface area contributed by atoms with Crippen molar-refractivity contribution in [1.29, 1.82) is 0 Å². The van der Waals surface area contributed by atoms with Crippen molar-refractivity contribution in [3.05, 3.63) is 0 Å². The van der Waals surface area contributed by atoms with Crippen LogP contribution in [0.25, 0.3) is 0 Å². The molecule has 0 saturated carbocycles. The van der Waals surface area contributed by atoms with E-state index in [0.717, 1.165) is 0 Å². The van der Waals surface area contributed by atoms with E-state index in [1.807, 2.05) is 46.7 Å². The van der Waals surface area contributed by atoms with E-state index >= 15 is 0 Å². The standard InChI is InChI=1S/C30H49NO10/c1-11-20-30(8,41-28(35)37-20)25-18(6)23-14(2)13-29(7,40-23)24(16(4)21(32)17(5)26(34)38-25)39-27-22(33)19(31(9)10)12-15(3)36-27/h14-20,22-25,27,33H,11-13H2,1-10H3/t14?,15?,16-,17+,18-,19?,20+,22?,23?,24+,25+,27-,29+,30+/m0/s1. The minimum Gasteiger partial charge on any atom is -0.457 e. The lowest BCUT2D eigenvalue weighted by Crippen LogP contribution is -2.58. The summed E-state index contributed by atoms with van der Waals surface area (Å²) in [6.45, 7) is 14.6. The normalized spacial score (nSPS) is 49.3. The van der Waals surface area contributed by atoms with Crippen molar-refractivity contribution in [1.82, 2.24) is 4.90 Å². The van der Waals surface area contributed by atoms with Gasteiger partial charge in [-0.3, -0.25) is 9.59 Å². The highest BCUT2D eigenvalue weighted by Gasteiger charge is 2.61. The van der Waals surface area contributed by atoms with E-state index in [0.29, 0.717) is 19.3 Å². The molecule has 4 rings (SSSR count). The molecule has 0 amide bonds. The molecule has 5 unspecified atom stereocenters. The number of nitrogens with zero attached hydrogens (tertiary/aromatic N) is 1. The highest BCUT2D eigenvalue weighted by molar-refractivity contribution is 6.00. The Kier molecular flexibility index (Phi) is 9.18. The maximum atomic E-state index is 13.9. The van der Waals surface area contributed by atoms with Crippen LogP contribution in [0.5, 0.6) is 0 Å². The molecule has 0 spiro atoms. The molecule has 41 heavy (non-hydrogen) atoms. The number of ketones is 1. The van der Waals surface area contributed by atoms with Crippen LogP contribution in [-0.4, -0.2) is 102 Å². The van der Waals surface area contributed by atoms with Crippen LogP contribution in [-0.2, 0) is 38.0 Å². The molecule has 0 aromatic heterocycles. The zero-order chi connectivity index (χ0) is 30.6. The van der Waals surface area contributed by atoms with Gasteiger partial charge in [0.05, 0.1) is 23.9 Å². The number of cyclic esters (lactones) is 3. The predicted octanol–water partition coefficient (Wildman–Crippen LogP) is 3.09. The fourth-order valence-electron chi connectivity index (χ4n) is 7.67. The summed E-state index contributed by atoms with van der Waals surface area (Å²) in [6, 6.07) is -0.195. The van der Waals surface area contributed by atoms with Crippen LogP contribution >= 0.6 is 0 Å². The summed E-state index contributed by atoms with van der Waals surface area (Å²) < 4.78 is 36.6. The molecule has 1 N–H and O–H groups in total. The maximum Gasteiger partial charge on any atom is 0.509 e. The number of hydrogen-bond donors (Lipinski definition) is 1. The molecule has 0 radical (unpaired) electrons. The topological polar surface area (TPSA) is 130 Å². The second-order valence-corrected chi connectivity index (χ2v) is 13.4. The molecule has 2 bridgehead atoms. The van der Waals surface area contributed by atoms with E-state index in [1.54, 1.807) is 13.8 Å². The highest BCUT2D eigenvalue weighted by Crippen LogP contribution is 2.48. The van der Waals surface area contributed by atoms with Crippen molar-refractivity contribution in [3.8, 4) is 0 Å². The van der Waals surface area contributed by atoms with Gasteiger partial charge in [0.15, 0.2) is 17.7 Å². The Hall–Kier alpha value is -1.79. The number of carbonyl (C=O) groups is 3. The van der Waals surface area contributed by atoms with E-state index in [9.17, 15) is 19.5 Å². The van der Waals surface area contributed by atoms with Gasteiger partial charge in [0, 0.05) is 17.9 Å². The Morgan fingerprint density at radius 3 is 2.32 bits per heavy atom. The SMILES string of the molecule is CC[C@H]1OC(=O)O[C@@]1(C)[C@@H]1OC(=O)[C@H](C)C(=O)[C@H](C)[C@@H](O[C@@H]2OC(C)CC(N(C)C)C2O)[C@@]2(C)CC(C)C(O2)[C@@H]1C. The molecule has 4 fully saturated rings. The fourth-order valence-corrected chi connectivity index (χ4v) is 7.67. The Morgan fingerprint density at radius 2 is 1.71 bits per heavy atom. The molecule has 11 heteroatoms. The monoisotopic (exact) mass is 583 g/mol. The van der Waals surface area contributed by atoms with E-state index < -0.39 is 77.9 Å². The average molecular weight is 584 g/mol. The molecule has 0 aliphatic carbocycles. The molecule has 4 heterocycles. The summed E-state index contributed by atoms with van der Waals surface area (Å²) in [7, 11) is 3.80. The van der Waals surface area contributed by atoms with Gasteiger partial charge < -0.3 is 38.4 Å². The smallest absolute Gasteiger partial charge is 0.457 e. The molecular weight excluding hydrogens is 534 g/mol. The number of aliphatic hydroxyl groups excluding tert-OH is 1. The number of ether oxygens (including phenoxy) is 6. The number of rotatable bonds is 5. The van der Waals surface area contributed by atoms with Gasteiger partial charge >= 0.3 is 12.1 Å². The minimum absolute atomic E-state index is 0.0196. The number of carbonyl (C=O) groups excluding carboxylic acids is 3. The van der Waals surface area contributed by atoms with Crippen molar-refractivity contribution in [3.63, 3.8) is 0 Å². The summed E-state index contributed by atoms with van der Waals surface area (Å²) in [5, 5.41) is 11.2. The first-order valence-electron chi connectivity index (χ1n) is 15.0. The zero-order valence-corrected chi connectivity index (χ0v) is 26.1. The number of hydrogen-bond acceptors (Lipinski definition) is 11. The summed E-state index contributed by atoms with van der Waals surface area (Å²) in [5.41, 5.74) is -2.21. The summed E-state index contributed by atoms with van der Waals surface area (Å²) >= 11 is 0. The molecule has 0 aromatic carbocycles. The second-order valence-electron chi connectivity index (χ2n) is 13.4. The largest absolute Gasteiger partial charge is 0.509 e. The molecule has 11 nitrogen and oxygen atoms in total. The van der Waals surface area contributed by atoms with Crippen molar-refractivity contribution in [2.24, 2.45) is 23.7 Å². The fraction of sp³-hybridized carbons (Fsp3) is 0.900. The number of esters is 1. The lowest BCUT2D eigenvalue weighted by Gasteiger charge is -2.45. The van der Waals surface area contributed by atoms with Gasteiger partial charge in [0.25, 0.3) is 0 Å². The van der Waals surface area contributed by atoms with Crippen LogP contribution in [0.15, 0.2) is 0 Å². The van der Waals surface area contributed by atoms with E-state index in [-0.39, 0.29) is 23.8 Å². The summed E-state index contributed by atoms with van der Waals surface area (Å²) in [6.07, 6.45) is -4.08. The van der Waals surface area contributed by atoms with Crippen LogP contribution in [0.1, 0.15) is 74.7 Å². The van der Waals surface area contributed by atoms with Gasteiger partial charge in [0.1, 0.15) is 24.2 Å². The first-order valence-corrected chi connectivity index (χ1v) is 15.0. The third kappa shape index (κ3) is 5.77. The Labute approximate surface area is 243 Å². The Morgan fingerprint density at radius 1 is 1.05 bits per heavy atom. The second kappa shape index (κ2) is 11.7. The highest BCUT2D eigenvalue weighted by atomic mass is 16.8. The van der Waals surface area contributed by atoms with Crippen LogP contribution in [0.3, 0.4) is 0 Å². The lowest BCUT2D eigenvalue weighted by atomic mass is 9.76. The maximum absolute atomic E-state index is 13.9. The average Bonchev–Trinajstić information content (AvgIpc) is 3.38. The summed E-state index contributed by atoms with van der Waals surface area (Å²) in [4.78, 5) is 41.6. The summed E-state index contributed by atoms with van der Waals surface area (Å²) in [5.74, 6) is -3.41. The molecule has 4 aliphatic heterocycles. The molecule has 234 valence electrons. The predicted molar refractivity (Wildman–Crippen MR) is 147 cm³/mol. The van der Waals surface area contributed by atoms with Crippen LogP contribution in [0.4, 0.5) is 4.79 Å². The number of likely N-dealkylation sites (N-methyl/N-ethyl adjacent to an activating group) is 1. The third-order valence-corrected chi connectivity index (χ3v) is 9.89. The number of Topliss-reactive ketones (excluding diaryl/α,β-unsaturated/α-hetero) is 1. The molecule has 4 aliphatic rings. The number of aliphatic hydroxyl groups is 1. The molecule has 0 aromatic rings. The zero-order valence-electron chi connectivity index (χ0n) is 26.1. The van der Waals surface area contributed by atoms with Crippen LogP contribution in [0.2, 0.25) is 0 Å². The van der Waals surface area contributed by atoms with E-state index in [2.05, 4.69) is 6.92 Å². The van der Waals surface area contributed by atoms with Crippen molar-refractivity contribution < 1.29 is 47.9 Å². The van der Waals surface area contributed by atoms with Gasteiger partial charge in [-0.2, -0.15) is 0 Å². The molecule has 14 atom stereocenters. The van der Waals surface area contributed by atoms with Crippen LogP contribution in [0, 0.1) is 23.7 Å². The van der Waals surface area contributed by atoms with Gasteiger partial charge in [-0.15, -0.1) is 0 Å². The van der Waals surface area contributed by atoms with Crippen molar-refractivity contribution in [2.45, 2.75) is 135 Å². The van der Waals surface area contributed by atoms with Crippen LogP contribution < -0.4 is 0 Å². The number of fused-ring (bicyclic) bond motifs is 2. The Bertz CT molecular complexity index is 1010. The van der Waals surface area contributed by atoms with Gasteiger partial charge in [-0.25, -0.2) is 4.79 Å². The van der Waals surface area contributed by atoms with Gasteiger partial charge in [0.2, 0.25) is 0 Å². The Balaban J connectivity index is 1.73. The first-order chi connectivity index (χ1) is 19.0. The minimum atomic E-state index is -1.27. The van der Waals surface area contributed by atoms with Crippen molar-refractivity contribution in [2.75, 3.05) is 14.1 Å². The quantitative estimate of drug-likeness (QED) is 0.379. The lowest BCUT2D eigenvalue weighted by molar-refractivity contribution is -0.295. The van der Waals surface area contributed by atoms with E-state index in [1.165, 1.54) is 6.92 Å². The molecule has 4 saturated heterocycles.